The van der Waals surface area contributed by atoms with E-state index in [-0.39, 0.29) is 10.7 Å². The second-order valence-electron chi connectivity index (χ2n) is 5.89. The summed E-state index contributed by atoms with van der Waals surface area (Å²) in [6.45, 7) is 2.01. The Morgan fingerprint density at radius 2 is 1.88 bits per heavy atom. The molecule has 1 amide bonds. The third kappa shape index (κ3) is 3.64. The number of piperazine rings is 1. The smallest absolute Gasteiger partial charge is 0.336 e. The van der Waals surface area contributed by atoms with Gasteiger partial charge in [-0.25, -0.2) is 4.68 Å². The molecule has 0 atom stereocenters. The topological polar surface area (TPSA) is 41.4 Å². The highest BCUT2D eigenvalue weighted by Crippen LogP contribution is 2.34. The molecule has 9 heteroatoms. The summed E-state index contributed by atoms with van der Waals surface area (Å²) < 4.78 is 41.7. The molecule has 1 aliphatic heterocycles. The normalized spacial score (nSPS) is 16.3. The quantitative estimate of drug-likeness (QED) is 0.814. The minimum atomic E-state index is -4.73. The molecule has 2 heterocycles. The Kier molecular flexibility index (Phi) is 4.75. The predicted octanol–water partition coefficient (Wildman–Crippen LogP) is 2.93. The number of carbonyl (C=O) groups excluding carboxylic acids is 1. The largest absolute Gasteiger partial charge is 0.434 e. The molecule has 1 fully saturated rings. The van der Waals surface area contributed by atoms with Gasteiger partial charge in [-0.2, -0.15) is 18.3 Å². The van der Waals surface area contributed by atoms with Crippen LogP contribution < -0.4 is 0 Å². The summed E-state index contributed by atoms with van der Waals surface area (Å²) in [7, 11) is 1.90. The summed E-state index contributed by atoms with van der Waals surface area (Å²) in [4.78, 5) is 16.1. The molecule has 0 bridgehead atoms. The number of carbonyl (C=O) groups is 1. The standard InChI is InChI=1S/C16H16ClF3N4O/c1-22-5-7-23(8-6-22)15(25)13-10-21-24(14(13)16(18,19)20)12-4-2-3-11(17)9-12/h2-4,9-10H,5-8H2,1H3. The van der Waals surface area contributed by atoms with Crippen LogP contribution in [0.5, 0.6) is 0 Å². The van der Waals surface area contributed by atoms with Gasteiger partial charge in [0, 0.05) is 31.2 Å². The molecule has 0 aliphatic carbocycles. The molecule has 5 nitrogen and oxygen atoms in total. The Hall–Kier alpha value is -2.06. The third-order valence-electron chi connectivity index (χ3n) is 4.11. The highest BCUT2D eigenvalue weighted by atomic mass is 35.5. The van der Waals surface area contributed by atoms with E-state index < -0.39 is 23.3 Å². The van der Waals surface area contributed by atoms with E-state index in [4.69, 9.17) is 11.6 Å². The molecule has 134 valence electrons. The van der Waals surface area contributed by atoms with Crippen molar-refractivity contribution in [1.29, 1.82) is 0 Å². The van der Waals surface area contributed by atoms with Gasteiger partial charge in [-0.3, -0.25) is 4.79 Å². The molecular weight excluding hydrogens is 357 g/mol. The summed E-state index contributed by atoms with van der Waals surface area (Å²) in [5.74, 6) is -0.659. The summed E-state index contributed by atoms with van der Waals surface area (Å²) >= 11 is 5.86. The Morgan fingerprint density at radius 1 is 1.20 bits per heavy atom. The maximum absolute atomic E-state index is 13.6. The van der Waals surface area contributed by atoms with Crippen LogP contribution in [0.15, 0.2) is 30.5 Å². The number of amides is 1. The van der Waals surface area contributed by atoms with Crippen molar-refractivity contribution in [2.45, 2.75) is 6.18 Å². The van der Waals surface area contributed by atoms with Gasteiger partial charge < -0.3 is 9.80 Å². The zero-order valence-corrected chi connectivity index (χ0v) is 14.2. The first-order valence-corrected chi connectivity index (χ1v) is 8.04. The molecule has 3 rings (SSSR count). The average Bonchev–Trinajstić information content (AvgIpc) is 3.00. The molecule has 0 N–H and O–H groups in total. The molecule has 1 aromatic carbocycles. The van der Waals surface area contributed by atoms with Crippen LogP contribution in [0.1, 0.15) is 16.1 Å². The van der Waals surface area contributed by atoms with Crippen molar-refractivity contribution in [3.63, 3.8) is 0 Å². The molecule has 25 heavy (non-hydrogen) atoms. The van der Waals surface area contributed by atoms with Crippen molar-refractivity contribution >= 4 is 17.5 Å². The molecule has 0 saturated carbocycles. The Bertz CT molecular complexity index is 782. The third-order valence-corrected chi connectivity index (χ3v) is 4.35. The Balaban J connectivity index is 2.02. The summed E-state index contributed by atoms with van der Waals surface area (Å²) in [6.07, 6.45) is -3.75. The second-order valence-corrected chi connectivity index (χ2v) is 6.33. The molecule has 0 unspecified atom stereocenters. The Labute approximate surface area is 147 Å². The van der Waals surface area contributed by atoms with Crippen LogP contribution in [-0.4, -0.2) is 58.7 Å². The lowest BCUT2D eigenvalue weighted by Gasteiger charge is -2.32. The minimum Gasteiger partial charge on any atom is -0.336 e. The predicted molar refractivity (Wildman–Crippen MR) is 87.0 cm³/mol. The number of benzene rings is 1. The fourth-order valence-corrected chi connectivity index (χ4v) is 2.95. The van der Waals surface area contributed by atoms with Gasteiger partial charge in [-0.05, 0) is 25.2 Å². The van der Waals surface area contributed by atoms with E-state index in [1.807, 2.05) is 11.9 Å². The first kappa shape index (κ1) is 17.8. The monoisotopic (exact) mass is 372 g/mol. The van der Waals surface area contributed by atoms with Gasteiger partial charge in [-0.1, -0.05) is 17.7 Å². The van der Waals surface area contributed by atoms with Gasteiger partial charge in [0.25, 0.3) is 5.91 Å². The van der Waals surface area contributed by atoms with Gasteiger partial charge in [0.2, 0.25) is 0 Å². The van der Waals surface area contributed by atoms with Crippen LogP contribution in [-0.2, 0) is 6.18 Å². The molecule has 0 spiro atoms. The van der Waals surface area contributed by atoms with Crippen molar-refractivity contribution in [3.8, 4) is 5.69 Å². The molecule has 2 aromatic rings. The maximum atomic E-state index is 13.6. The van der Waals surface area contributed by atoms with Crippen LogP contribution in [0.4, 0.5) is 13.2 Å². The van der Waals surface area contributed by atoms with E-state index in [1.165, 1.54) is 23.1 Å². The Morgan fingerprint density at radius 3 is 2.48 bits per heavy atom. The number of hydrogen-bond donors (Lipinski definition) is 0. The highest BCUT2D eigenvalue weighted by molar-refractivity contribution is 6.30. The highest BCUT2D eigenvalue weighted by Gasteiger charge is 2.41. The van der Waals surface area contributed by atoms with Crippen LogP contribution in [0.2, 0.25) is 5.02 Å². The van der Waals surface area contributed by atoms with Crippen molar-refractivity contribution in [3.05, 3.63) is 46.7 Å². The van der Waals surface area contributed by atoms with E-state index in [1.54, 1.807) is 6.07 Å². The zero-order chi connectivity index (χ0) is 18.2. The maximum Gasteiger partial charge on any atom is 0.434 e. The lowest BCUT2D eigenvalue weighted by atomic mass is 10.2. The van der Waals surface area contributed by atoms with Crippen molar-refractivity contribution in [2.75, 3.05) is 33.2 Å². The van der Waals surface area contributed by atoms with Gasteiger partial charge in [0.1, 0.15) is 0 Å². The van der Waals surface area contributed by atoms with Crippen LogP contribution in [0, 0.1) is 0 Å². The number of rotatable bonds is 2. The van der Waals surface area contributed by atoms with Crippen molar-refractivity contribution in [2.24, 2.45) is 0 Å². The number of hydrogen-bond acceptors (Lipinski definition) is 3. The van der Waals surface area contributed by atoms with Crippen LogP contribution in [0.25, 0.3) is 5.69 Å². The lowest BCUT2D eigenvalue weighted by Crippen LogP contribution is -2.47. The fourth-order valence-electron chi connectivity index (χ4n) is 2.76. The molecular formula is C16H16ClF3N4O. The van der Waals surface area contributed by atoms with Crippen LogP contribution in [0.3, 0.4) is 0 Å². The fraction of sp³-hybridized carbons (Fsp3) is 0.375. The number of aromatic nitrogens is 2. The van der Waals surface area contributed by atoms with Crippen LogP contribution >= 0.6 is 11.6 Å². The second kappa shape index (κ2) is 6.68. The van der Waals surface area contributed by atoms with E-state index in [9.17, 15) is 18.0 Å². The summed E-state index contributed by atoms with van der Waals surface area (Å²) in [5, 5.41) is 4.09. The summed E-state index contributed by atoms with van der Waals surface area (Å²) in [6, 6.07) is 5.91. The summed E-state index contributed by atoms with van der Waals surface area (Å²) in [5.41, 5.74) is -1.38. The van der Waals surface area contributed by atoms with Gasteiger partial charge in [0.15, 0.2) is 5.69 Å². The average molecular weight is 373 g/mol. The molecule has 1 saturated heterocycles. The molecule has 0 radical (unpaired) electrons. The van der Waals surface area contributed by atoms with E-state index >= 15 is 0 Å². The number of halogens is 4. The SMILES string of the molecule is CN1CCN(C(=O)c2cnn(-c3cccc(Cl)c3)c2C(F)(F)F)CC1. The van der Waals surface area contributed by atoms with E-state index in [0.717, 1.165) is 10.9 Å². The van der Waals surface area contributed by atoms with E-state index in [0.29, 0.717) is 26.2 Å². The lowest BCUT2D eigenvalue weighted by molar-refractivity contribution is -0.143. The first-order chi connectivity index (χ1) is 11.8. The van der Waals surface area contributed by atoms with E-state index in [2.05, 4.69) is 5.10 Å². The van der Waals surface area contributed by atoms with Gasteiger partial charge in [-0.15, -0.1) is 0 Å². The number of nitrogens with zero attached hydrogens (tertiary/aromatic N) is 4. The molecule has 1 aromatic heterocycles. The first-order valence-electron chi connectivity index (χ1n) is 7.66. The minimum absolute atomic E-state index is 0.150. The van der Waals surface area contributed by atoms with Gasteiger partial charge >= 0.3 is 6.18 Å². The van der Waals surface area contributed by atoms with Crippen molar-refractivity contribution < 1.29 is 18.0 Å². The van der Waals surface area contributed by atoms with Crippen molar-refractivity contribution in [1.82, 2.24) is 19.6 Å². The van der Waals surface area contributed by atoms with Gasteiger partial charge in [0.05, 0.1) is 17.4 Å². The number of alkyl halides is 3. The number of likely N-dealkylation sites (N-methyl/N-ethyl adjacent to an activating group) is 1. The molecule has 1 aliphatic rings. The zero-order valence-electron chi connectivity index (χ0n) is 13.4.